The zero-order chi connectivity index (χ0) is 0. The molecular formula is H6BCaFeSi. The zero-order valence-electron chi connectivity index (χ0n) is 3.64. The van der Waals surface area contributed by atoms with Crippen LogP contribution in [0.2, 0.25) is 0 Å². The Morgan fingerprint density at radius 1 is 1.25 bits per heavy atom. The molecule has 4 heavy (non-hydrogen) atoms. The van der Waals surface area contributed by atoms with Crippen molar-refractivity contribution in [1.82, 2.24) is 0 Å². The topological polar surface area (TPSA) is 0 Å². The first kappa shape index (κ1) is 36.5. The van der Waals surface area contributed by atoms with Crippen LogP contribution >= 0.6 is 0 Å². The van der Waals surface area contributed by atoms with Crippen molar-refractivity contribution in [3.05, 3.63) is 0 Å². The van der Waals surface area contributed by atoms with Gasteiger partial charge in [0.15, 0.2) is 0 Å². The molecule has 0 heterocycles. The predicted octanol–water partition coefficient (Wildman–Crippen LogP) is -1.99. The van der Waals surface area contributed by atoms with Gasteiger partial charge >= 0.3 is 37.7 Å². The summed E-state index contributed by atoms with van der Waals surface area (Å²) < 4.78 is 0. The molecule has 0 rings (SSSR count). The summed E-state index contributed by atoms with van der Waals surface area (Å²) in [6.07, 6.45) is 0. The van der Waals surface area contributed by atoms with E-state index < -0.39 is 0 Å². The third kappa shape index (κ3) is 8.96. The van der Waals surface area contributed by atoms with Crippen molar-refractivity contribution >= 4 is 57.1 Å². The second-order valence-corrected chi connectivity index (χ2v) is 0. The van der Waals surface area contributed by atoms with Crippen molar-refractivity contribution in [1.29, 1.82) is 0 Å². The summed E-state index contributed by atoms with van der Waals surface area (Å²) in [5, 5.41) is 0. The van der Waals surface area contributed by atoms with E-state index in [0.717, 1.165) is 0 Å². The second-order valence-electron chi connectivity index (χ2n) is 0. The maximum atomic E-state index is 0. The Morgan fingerprint density at radius 3 is 1.25 bits per heavy atom. The second kappa shape index (κ2) is 19.6. The Bertz CT molecular complexity index is 13.5. The van der Waals surface area contributed by atoms with Crippen LogP contribution in [0.3, 0.4) is 0 Å². The molecular weight excluding hydrogens is 135 g/mol. The first-order valence-corrected chi connectivity index (χ1v) is 0. The molecule has 0 amide bonds. The predicted molar refractivity (Wildman–Crippen MR) is 25.1 cm³/mol. The van der Waals surface area contributed by atoms with Crippen molar-refractivity contribution in [3.8, 4) is 0 Å². The molecule has 0 bridgehead atoms. The van der Waals surface area contributed by atoms with Gasteiger partial charge in [-0.3, -0.25) is 0 Å². The average molecular weight is 141 g/mol. The summed E-state index contributed by atoms with van der Waals surface area (Å²) in [6.45, 7) is 0. The fourth-order valence-corrected chi connectivity index (χ4v) is 0. The summed E-state index contributed by atoms with van der Waals surface area (Å²) in [5.74, 6) is 0. The van der Waals surface area contributed by atoms with Crippen LogP contribution in [0.25, 0.3) is 0 Å². The van der Waals surface area contributed by atoms with E-state index in [1.165, 1.54) is 0 Å². The van der Waals surface area contributed by atoms with Crippen LogP contribution in [0.1, 0.15) is 2.85 Å². The van der Waals surface area contributed by atoms with Crippen LogP contribution in [-0.2, 0) is 17.1 Å². The molecule has 0 nitrogen and oxygen atoms in total. The molecule has 0 spiro atoms. The molecule has 0 unspecified atom stereocenters. The van der Waals surface area contributed by atoms with Gasteiger partial charge in [-0.25, -0.2) is 0 Å². The molecule has 0 N–H and O–H groups in total. The molecule has 4 heteroatoms. The van der Waals surface area contributed by atoms with E-state index in [1.54, 1.807) is 0 Å². The van der Waals surface area contributed by atoms with Crippen LogP contribution in [-0.4, -0.2) is 57.1 Å². The average Bonchev–Trinajstić information content (AvgIpc) is 0. The number of hydrogen-bond acceptors (Lipinski definition) is 0. The van der Waals surface area contributed by atoms with Gasteiger partial charge in [-0.15, -0.1) is 0 Å². The summed E-state index contributed by atoms with van der Waals surface area (Å²) in [5.41, 5.74) is 0. The third-order valence-electron chi connectivity index (χ3n) is 0. The van der Waals surface area contributed by atoms with Gasteiger partial charge in [0.05, 0.1) is 0 Å². The van der Waals surface area contributed by atoms with E-state index in [4.69, 9.17) is 0 Å². The van der Waals surface area contributed by atoms with E-state index in [9.17, 15) is 0 Å². The van der Waals surface area contributed by atoms with Gasteiger partial charge in [-0.1, -0.05) is 0 Å². The largest absolute Gasteiger partial charge is 2.00 e. The fraction of sp³-hybridized carbons (Fsp3) is 0. The normalized spacial score (nSPS) is 0. The summed E-state index contributed by atoms with van der Waals surface area (Å²) in [4.78, 5) is 0. The molecule has 0 fully saturated rings. The van der Waals surface area contributed by atoms with Crippen LogP contribution in [0.15, 0.2) is 0 Å². The van der Waals surface area contributed by atoms with E-state index >= 15 is 0 Å². The maximum absolute atomic E-state index is 0. The fourth-order valence-electron chi connectivity index (χ4n) is 0. The number of hydrogen-bond donors (Lipinski definition) is 0. The van der Waals surface area contributed by atoms with Crippen LogP contribution < -0.4 is 0 Å². The molecule has 0 aliphatic carbocycles. The van der Waals surface area contributed by atoms with Crippen molar-refractivity contribution in [2.75, 3.05) is 0 Å². The summed E-state index contributed by atoms with van der Waals surface area (Å²) >= 11 is 0. The van der Waals surface area contributed by atoms with Crippen molar-refractivity contribution in [2.45, 2.75) is 0 Å². The molecule has 0 aliphatic heterocycles. The quantitative estimate of drug-likeness (QED) is 0.342. The van der Waals surface area contributed by atoms with E-state index in [0.29, 0.717) is 0 Å². The molecule has 3 radical (unpaired) electrons. The summed E-state index contributed by atoms with van der Waals surface area (Å²) in [7, 11) is 0. The molecule has 0 saturated heterocycles. The molecule has 0 aliphatic rings. The van der Waals surface area contributed by atoms with Gasteiger partial charge in [0.1, 0.15) is 0 Å². The van der Waals surface area contributed by atoms with Crippen molar-refractivity contribution < 1.29 is 19.9 Å². The maximum Gasteiger partial charge on any atom is 2.00 e. The minimum Gasteiger partial charge on any atom is -1.00 e. The minimum atomic E-state index is 0. The zero-order valence-corrected chi connectivity index (χ0v) is 4.95. The van der Waals surface area contributed by atoms with E-state index in [-0.39, 0.29) is 77.0 Å². The van der Waals surface area contributed by atoms with Gasteiger partial charge in [-0.2, -0.15) is 0 Å². The number of rotatable bonds is 0. The van der Waals surface area contributed by atoms with Gasteiger partial charge in [0.25, 0.3) is 0 Å². The first-order chi connectivity index (χ1) is 0. The SMILES string of the molecule is [B].[Ca+2].[Fe].[H-].[H-].[SiH4]. The van der Waals surface area contributed by atoms with Gasteiger partial charge in [0.2, 0.25) is 0 Å². The molecule has 23 valence electrons. The molecule has 0 aromatic heterocycles. The van der Waals surface area contributed by atoms with Crippen LogP contribution in [0.5, 0.6) is 0 Å². The van der Waals surface area contributed by atoms with Gasteiger partial charge in [0, 0.05) is 25.5 Å². The monoisotopic (exact) mass is 141 g/mol. The summed E-state index contributed by atoms with van der Waals surface area (Å²) in [6, 6.07) is 0. The van der Waals surface area contributed by atoms with E-state index in [1.807, 2.05) is 0 Å². The van der Waals surface area contributed by atoms with Crippen molar-refractivity contribution in [2.24, 2.45) is 0 Å². The Labute approximate surface area is 76.1 Å². The van der Waals surface area contributed by atoms with Crippen molar-refractivity contribution in [3.63, 3.8) is 0 Å². The molecule has 0 aromatic rings. The van der Waals surface area contributed by atoms with Crippen LogP contribution in [0, 0.1) is 0 Å². The minimum absolute atomic E-state index is 0. The van der Waals surface area contributed by atoms with E-state index in [2.05, 4.69) is 0 Å². The Kier molecular flexibility index (Phi) is 180. The molecule has 0 atom stereocenters. The Morgan fingerprint density at radius 2 is 1.25 bits per heavy atom. The Hall–Kier alpha value is 2.06. The molecule has 0 saturated carbocycles. The Balaban J connectivity index is 0. The van der Waals surface area contributed by atoms with Gasteiger partial charge in [-0.05, 0) is 11.0 Å². The van der Waals surface area contributed by atoms with Crippen LogP contribution in [0.4, 0.5) is 0 Å². The molecule has 0 aromatic carbocycles. The third-order valence-corrected chi connectivity index (χ3v) is 0. The standard InChI is InChI=1S/B.Ca.Fe.H4Si.2H/h;;;1H4;;/q;+2;;;2*-1. The smallest absolute Gasteiger partial charge is 1.00 e. The van der Waals surface area contributed by atoms with Gasteiger partial charge < -0.3 is 2.85 Å². The first-order valence-electron chi connectivity index (χ1n) is 0.